The smallest absolute Gasteiger partial charge is 0.262 e. The Kier molecular flexibility index (Phi) is 5.27. The molecule has 0 unspecified atom stereocenters. The monoisotopic (exact) mass is 401 g/mol. The number of carbonyl (C=O) groups is 1. The highest BCUT2D eigenvalue weighted by molar-refractivity contribution is 7.92. The highest BCUT2D eigenvalue weighted by atomic mass is 32.2. The first-order valence-corrected chi connectivity index (χ1v) is 9.63. The number of carbonyl (C=O) groups excluding carboxylic acids is 1. The predicted octanol–water partition coefficient (Wildman–Crippen LogP) is 2.82. The van der Waals surface area contributed by atoms with Crippen LogP contribution in [0.4, 0.5) is 15.8 Å². The van der Waals surface area contributed by atoms with Crippen LogP contribution in [0.3, 0.4) is 0 Å². The van der Waals surface area contributed by atoms with Gasteiger partial charge in [0.1, 0.15) is 5.82 Å². The van der Waals surface area contributed by atoms with E-state index in [0.717, 1.165) is 6.07 Å². The zero-order chi connectivity index (χ0) is 20.3. The number of pyridine rings is 1. The minimum atomic E-state index is -4.08. The molecule has 28 heavy (non-hydrogen) atoms. The van der Waals surface area contributed by atoms with Crippen LogP contribution in [0.5, 0.6) is 0 Å². The van der Waals surface area contributed by atoms with E-state index in [9.17, 15) is 22.8 Å². The zero-order valence-electron chi connectivity index (χ0n) is 14.7. The van der Waals surface area contributed by atoms with Crippen molar-refractivity contribution < 1.29 is 22.3 Å². The van der Waals surface area contributed by atoms with Gasteiger partial charge < -0.3 is 10.5 Å². The molecule has 0 aliphatic rings. The largest absolute Gasteiger partial charge is 0.619 e. The third-order valence-electron chi connectivity index (χ3n) is 3.92. The summed E-state index contributed by atoms with van der Waals surface area (Å²) in [6.45, 7) is 1.59. The Morgan fingerprint density at radius 3 is 2.43 bits per heavy atom. The lowest BCUT2D eigenvalue weighted by atomic mass is 10.2. The summed E-state index contributed by atoms with van der Waals surface area (Å²) in [5.74, 6) is -1.21. The second-order valence-electron chi connectivity index (χ2n) is 5.97. The van der Waals surface area contributed by atoms with E-state index in [0.29, 0.717) is 10.3 Å². The number of hydrogen-bond acceptors (Lipinski definition) is 4. The molecular formula is C19H16FN3O4S. The second-order valence-corrected chi connectivity index (χ2v) is 7.62. The first kappa shape index (κ1) is 19.3. The first-order valence-electron chi connectivity index (χ1n) is 8.14. The number of nitrogens with one attached hydrogen (secondary N) is 2. The molecule has 0 aliphatic carbocycles. The van der Waals surface area contributed by atoms with Crippen molar-refractivity contribution in [2.45, 2.75) is 11.8 Å². The lowest BCUT2D eigenvalue weighted by Gasteiger charge is -2.13. The molecule has 9 heteroatoms. The molecule has 3 aromatic rings. The first-order chi connectivity index (χ1) is 13.3. The van der Waals surface area contributed by atoms with Gasteiger partial charge in [0.05, 0.1) is 16.1 Å². The fourth-order valence-electron chi connectivity index (χ4n) is 2.48. The number of halogens is 1. The summed E-state index contributed by atoms with van der Waals surface area (Å²) >= 11 is 0. The molecule has 3 rings (SSSR count). The van der Waals surface area contributed by atoms with Gasteiger partial charge in [-0.2, -0.15) is 4.73 Å². The SMILES string of the molecule is Cc1ccc(NC(=O)c2cc[n+]([O-])cc2)cc1S(=O)(=O)Nc1ccccc1F. The topological polar surface area (TPSA) is 102 Å². The maximum absolute atomic E-state index is 13.8. The van der Waals surface area contributed by atoms with Crippen LogP contribution >= 0.6 is 0 Å². The average Bonchev–Trinajstić information content (AvgIpc) is 2.65. The van der Waals surface area contributed by atoms with E-state index >= 15 is 0 Å². The van der Waals surface area contributed by atoms with Crippen LogP contribution in [0.15, 0.2) is 71.9 Å². The van der Waals surface area contributed by atoms with E-state index in [1.165, 1.54) is 54.9 Å². The van der Waals surface area contributed by atoms with Crippen LogP contribution < -0.4 is 14.8 Å². The molecule has 1 amide bonds. The van der Waals surface area contributed by atoms with Gasteiger partial charge in [-0.15, -0.1) is 0 Å². The second kappa shape index (κ2) is 7.65. The van der Waals surface area contributed by atoms with Crippen molar-refractivity contribution in [1.29, 1.82) is 0 Å². The van der Waals surface area contributed by atoms with Crippen LogP contribution in [0.2, 0.25) is 0 Å². The Balaban J connectivity index is 1.87. The summed E-state index contributed by atoms with van der Waals surface area (Å²) in [5.41, 5.74) is 0.727. The van der Waals surface area contributed by atoms with Gasteiger partial charge in [-0.1, -0.05) is 18.2 Å². The number of aromatic nitrogens is 1. The van der Waals surface area contributed by atoms with Crippen LogP contribution in [0, 0.1) is 17.9 Å². The number of aryl methyl sites for hydroxylation is 1. The van der Waals surface area contributed by atoms with Gasteiger partial charge in [-0.3, -0.25) is 9.52 Å². The molecule has 2 N–H and O–H groups in total. The third-order valence-corrected chi connectivity index (χ3v) is 5.43. The maximum Gasteiger partial charge on any atom is 0.262 e. The quantitative estimate of drug-likeness (QED) is 0.507. The fourth-order valence-corrected chi connectivity index (χ4v) is 3.82. The fraction of sp³-hybridized carbons (Fsp3) is 0.0526. The summed E-state index contributed by atoms with van der Waals surface area (Å²) in [4.78, 5) is 12.2. The minimum Gasteiger partial charge on any atom is -0.619 e. The summed E-state index contributed by atoms with van der Waals surface area (Å²) in [6.07, 6.45) is 2.36. The molecule has 1 aromatic heterocycles. The molecule has 1 heterocycles. The van der Waals surface area contributed by atoms with E-state index < -0.39 is 21.7 Å². The molecule has 0 radical (unpaired) electrons. The van der Waals surface area contributed by atoms with Gasteiger partial charge in [0.2, 0.25) is 0 Å². The van der Waals surface area contributed by atoms with E-state index in [1.54, 1.807) is 13.0 Å². The standard InChI is InChI=1S/C19H16FN3O4S/c1-13-6-7-15(21-19(24)14-8-10-23(25)11-9-14)12-18(13)28(26,27)22-17-5-3-2-4-16(17)20/h2-12,22H,1H3,(H,21,24). The number of amides is 1. The molecule has 0 aliphatic heterocycles. The highest BCUT2D eigenvalue weighted by Gasteiger charge is 2.20. The van der Waals surface area contributed by atoms with Gasteiger partial charge >= 0.3 is 0 Å². The molecule has 0 saturated carbocycles. The van der Waals surface area contributed by atoms with Crippen molar-refractivity contribution in [3.8, 4) is 0 Å². The molecule has 2 aromatic carbocycles. The molecule has 0 saturated heterocycles. The molecule has 0 bridgehead atoms. The number of rotatable bonds is 5. The van der Waals surface area contributed by atoms with Crippen LogP contribution in [-0.2, 0) is 10.0 Å². The van der Waals surface area contributed by atoms with Crippen molar-refractivity contribution in [2.24, 2.45) is 0 Å². The predicted molar refractivity (Wildman–Crippen MR) is 102 cm³/mol. The van der Waals surface area contributed by atoms with E-state index in [1.807, 2.05) is 0 Å². The van der Waals surface area contributed by atoms with Crippen LogP contribution in [0.25, 0.3) is 0 Å². The third kappa shape index (κ3) is 4.26. The van der Waals surface area contributed by atoms with Gasteiger partial charge in [0.25, 0.3) is 15.9 Å². The summed E-state index contributed by atoms with van der Waals surface area (Å²) in [7, 11) is -4.08. The Labute approximate surface area is 161 Å². The van der Waals surface area contributed by atoms with Crippen LogP contribution in [-0.4, -0.2) is 14.3 Å². The van der Waals surface area contributed by atoms with Crippen molar-refractivity contribution >= 4 is 27.3 Å². The number of nitrogens with zero attached hydrogens (tertiary/aromatic N) is 1. The molecular weight excluding hydrogens is 385 g/mol. The number of para-hydroxylation sites is 1. The van der Waals surface area contributed by atoms with Gasteiger partial charge in [-0.25, -0.2) is 12.8 Å². The maximum atomic E-state index is 13.8. The van der Waals surface area contributed by atoms with E-state index in [4.69, 9.17) is 0 Å². The minimum absolute atomic E-state index is 0.0981. The number of anilines is 2. The highest BCUT2D eigenvalue weighted by Crippen LogP contribution is 2.24. The number of benzene rings is 2. The zero-order valence-corrected chi connectivity index (χ0v) is 15.5. The molecule has 0 atom stereocenters. The molecule has 0 fully saturated rings. The van der Waals surface area contributed by atoms with Gasteiger partial charge in [0, 0.05) is 17.8 Å². The van der Waals surface area contributed by atoms with Gasteiger partial charge in [0.15, 0.2) is 12.4 Å². The molecule has 144 valence electrons. The lowest BCUT2D eigenvalue weighted by molar-refractivity contribution is -0.605. The normalized spacial score (nSPS) is 11.1. The van der Waals surface area contributed by atoms with Crippen molar-refractivity contribution in [1.82, 2.24) is 0 Å². The lowest BCUT2D eigenvalue weighted by Crippen LogP contribution is -2.25. The molecule has 0 spiro atoms. The van der Waals surface area contributed by atoms with Gasteiger partial charge in [-0.05, 0) is 36.8 Å². The number of hydrogen-bond donors (Lipinski definition) is 2. The Hall–Kier alpha value is -3.46. The Morgan fingerprint density at radius 2 is 1.75 bits per heavy atom. The summed E-state index contributed by atoms with van der Waals surface area (Å²) < 4.78 is 41.9. The average molecular weight is 401 g/mol. The number of sulfonamides is 1. The molecule has 7 nitrogen and oxygen atoms in total. The van der Waals surface area contributed by atoms with E-state index in [-0.39, 0.29) is 21.8 Å². The van der Waals surface area contributed by atoms with Crippen LogP contribution in [0.1, 0.15) is 15.9 Å². The summed E-state index contributed by atoms with van der Waals surface area (Å²) in [6, 6.07) is 12.5. The summed E-state index contributed by atoms with van der Waals surface area (Å²) in [5, 5.41) is 13.6. The van der Waals surface area contributed by atoms with Crippen molar-refractivity contribution in [3.05, 3.63) is 89.1 Å². The Bertz CT molecular complexity index is 1130. The van der Waals surface area contributed by atoms with Crippen molar-refractivity contribution in [2.75, 3.05) is 10.0 Å². The Morgan fingerprint density at radius 1 is 1.07 bits per heavy atom. The van der Waals surface area contributed by atoms with Crippen molar-refractivity contribution in [3.63, 3.8) is 0 Å². The van der Waals surface area contributed by atoms with E-state index in [2.05, 4.69) is 10.0 Å².